The second kappa shape index (κ2) is 10.6. The quantitative estimate of drug-likeness (QED) is 0.180. The molecule has 186 valence electrons. The van der Waals surface area contributed by atoms with Gasteiger partial charge in [0.1, 0.15) is 29.6 Å². The number of rotatable bonds is 8. The number of ether oxygens (including phenoxy) is 1. The molecule has 5 rings (SSSR count). The van der Waals surface area contributed by atoms with Gasteiger partial charge in [-0.2, -0.15) is 5.10 Å². The zero-order valence-electron chi connectivity index (χ0n) is 20.3. The van der Waals surface area contributed by atoms with Crippen molar-refractivity contribution in [1.29, 1.82) is 0 Å². The van der Waals surface area contributed by atoms with Gasteiger partial charge in [-0.3, -0.25) is 4.79 Å². The topological polar surface area (TPSA) is 81.9 Å². The number of carbonyl (C=O) groups excluding carboxylic acids is 1. The molecule has 1 N–H and O–H groups in total. The smallest absolute Gasteiger partial charge is 0.307 e. The van der Waals surface area contributed by atoms with E-state index in [-0.39, 0.29) is 12.4 Å². The fraction of sp³-hybridized carbons (Fsp3) is 0.103. The van der Waals surface area contributed by atoms with Crippen LogP contribution in [0.2, 0.25) is 5.02 Å². The first-order valence-corrected chi connectivity index (χ1v) is 12.0. The summed E-state index contributed by atoms with van der Waals surface area (Å²) >= 11 is 6.03. The summed E-state index contributed by atoms with van der Waals surface area (Å²) in [6.45, 7) is 4.34. The Balaban J connectivity index is 1.14. The van der Waals surface area contributed by atoms with Crippen molar-refractivity contribution in [3.05, 3.63) is 119 Å². The molecule has 0 fully saturated rings. The van der Waals surface area contributed by atoms with Crippen LogP contribution in [0, 0.1) is 13.8 Å². The molecular formula is C29H24ClN3O4. The predicted octanol–water partition coefficient (Wildman–Crippen LogP) is 6.94. The number of aromatic nitrogens is 1. The highest BCUT2D eigenvalue weighted by Gasteiger charge is 2.12. The maximum atomic E-state index is 12.4. The number of nitrogens with one attached hydrogen (secondary N) is 1. The summed E-state index contributed by atoms with van der Waals surface area (Å²) in [6.07, 6.45) is 1.42. The second-order valence-electron chi connectivity index (χ2n) is 8.41. The maximum absolute atomic E-state index is 12.4. The number of hydrazone groups is 1. The first-order valence-electron chi connectivity index (χ1n) is 11.6. The molecular weight excluding hydrogens is 490 g/mol. The summed E-state index contributed by atoms with van der Waals surface area (Å²) in [5.41, 5.74) is 6.69. The molecule has 3 aromatic heterocycles. The Morgan fingerprint density at radius 3 is 2.51 bits per heavy atom. The second-order valence-corrected chi connectivity index (χ2v) is 8.85. The molecule has 0 atom stereocenters. The van der Waals surface area contributed by atoms with Crippen molar-refractivity contribution in [3.8, 4) is 22.8 Å². The number of nitrogens with zero attached hydrogens (tertiary/aromatic N) is 2. The summed E-state index contributed by atoms with van der Waals surface area (Å²) < 4.78 is 19.3. The van der Waals surface area contributed by atoms with Crippen molar-refractivity contribution < 1.29 is 18.4 Å². The van der Waals surface area contributed by atoms with E-state index in [1.807, 2.05) is 48.5 Å². The van der Waals surface area contributed by atoms with Crippen LogP contribution < -0.4 is 10.2 Å². The van der Waals surface area contributed by atoms with E-state index in [4.69, 9.17) is 25.2 Å². The number of hydrogen-bond acceptors (Lipinski definition) is 5. The van der Waals surface area contributed by atoms with E-state index in [9.17, 15) is 4.79 Å². The molecule has 0 bridgehead atoms. The van der Waals surface area contributed by atoms with Crippen LogP contribution in [-0.4, -0.2) is 16.7 Å². The molecule has 3 heterocycles. The van der Waals surface area contributed by atoms with Crippen molar-refractivity contribution in [2.75, 3.05) is 0 Å². The average molecular weight is 514 g/mol. The van der Waals surface area contributed by atoms with Crippen molar-refractivity contribution in [2.45, 2.75) is 20.5 Å². The van der Waals surface area contributed by atoms with Gasteiger partial charge in [-0.25, -0.2) is 5.43 Å². The molecule has 1 amide bonds. The van der Waals surface area contributed by atoms with E-state index in [2.05, 4.69) is 41.1 Å². The molecule has 0 unspecified atom stereocenters. The Labute approximate surface area is 218 Å². The van der Waals surface area contributed by atoms with Gasteiger partial charge < -0.3 is 18.1 Å². The van der Waals surface area contributed by atoms with Crippen LogP contribution in [0.5, 0.6) is 5.75 Å². The van der Waals surface area contributed by atoms with Gasteiger partial charge in [0, 0.05) is 27.7 Å². The third kappa shape index (κ3) is 5.68. The van der Waals surface area contributed by atoms with E-state index < -0.39 is 5.91 Å². The van der Waals surface area contributed by atoms with Crippen LogP contribution in [0.4, 0.5) is 0 Å². The lowest BCUT2D eigenvalue weighted by atomic mass is 10.2. The van der Waals surface area contributed by atoms with Crippen LogP contribution in [0.1, 0.15) is 33.5 Å². The lowest BCUT2D eigenvalue weighted by Crippen LogP contribution is -2.16. The third-order valence-corrected chi connectivity index (χ3v) is 5.96. The number of amides is 1. The van der Waals surface area contributed by atoms with Crippen molar-refractivity contribution in [3.63, 3.8) is 0 Å². The minimum atomic E-state index is -0.481. The van der Waals surface area contributed by atoms with Crippen molar-refractivity contribution in [2.24, 2.45) is 5.10 Å². The Morgan fingerprint density at radius 1 is 0.973 bits per heavy atom. The minimum Gasteiger partial charge on any atom is -0.486 e. The monoisotopic (exact) mass is 513 g/mol. The van der Waals surface area contributed by atoms with Crippen molar-refractivity contribution >= 4 is 23.7 Å². The molecule has 0 radical (unpaired) electrons. The van der Waals surface area contributed by atoms with Crippen LogP contribution >= 0.6 is 11.6 Å². The summed E-state index contributed by atoms with van der Waals surface area (Å²) in [4.78, 5) is 12.4. The van der Waals surface area contributed by atoms with Crippen LogP contribution in [0.3, 0.4) is 0 Å². The first kappa shape index (κ1) is 24.2. The third-order valence-electron chi connectivity index (χ3n) is 5.73. The molecule has 0 spiro atoms. The van der Waals surface area contributed by atoms with Crippen molar-refractivity contribution in [1.82, 2.24) is 9.99 Å². The Morgan fingerprint density at radius 2 is 1.76 bits per heavy atom. The molecule has 5 aromatic rings. The van der Waals surface area contributed by atoms with Gasteiger partial charge in [0.2, 0.25) is 0 Å². The van der Waals surface area contributed by atoms with Gasteiger partial charge in [0.05, 0.1) is 6.21 Å². The molecule has 0 aliphatic carbocycles. The highest BCUT2D eigenvalue weighted by Crippen LogP contribution is 2.24. The molecule has 7 nitrogen and oxygen atoms in total. The number of furan rings is 2. The van der Waals surface area contributed by atoms with Crippen LogP contribution in [0.15, 0.2) is 98.9 Å². The summed E-state index contributed by atoms with van der Waals surface area (Å²) in [7, 11) is 0. The number of hydrogen-bond donors (Lipinski definition) is 1. The summed E-state index contributed by atoms with van der Waals surface area (Å²) in [6, 6.07) is 26.2. The normalized spacial score (nSPS) is 11.2. The van der Waals surface area contributed by atoms with E-state index in [0.29, 0.717) is 28.1 Å². The largest absolute Gasteiger partial charge is 0.486 e. The Kier molecular flexibility index (Phi) is 6.96. The summed E-state index contributed by atoms with van der Waals surface area (Å²) in [5, 5.41) is 4.57. The molecule has 0 aliphatic rings. The van der Waals surface area contributed by atoms with Gasteiger partial charge in [-0.05, 0) is 86.6 Å². The SMILES string of the molecule is Cc1ccc(C)n1-c1ccc(OCc2ccc(C(=O)N/N=C/c3ccc(-c4cccc(Cl)c4)o3)o2)cc1. The summed E-state index contributed by atoms with van der Waals surface area (Å²) in [5.74, 6) is 2.00. The van der Waals surface area contributed by atoms with Gasteiger partial charge >= 0.3 is 5.91 Å². The molecule has 8 heteroatoms. The zero-order chi connectivity index (χ0) is 25.8. The average Bonchev–Trinajstić information content (AvgIpc) is 3.64. The van der Waals surface area contributed by atoms with E-state index >= 15 is 0 Å². The predicted molar refractivity (Wildman–Crippen MR) is 142 cm³/mol. The number of carbonyl (C=O) groups is 1. The molecule has 0 saturated carbocycles. The van der Waals surface area contributed by atoms with E-state index in [1.54, 1.807) is 24.3 Å². The molecule has 2 aromatic carbocycles. The van der Waals surface area contributed by atoms with Crippen LogP contribution in [0.25, 0.3) is 17.0 Å². The van der Waals surface area contributed by atoms with Gasteiger partial charge in [0.25, 0.3) is 0 Å². The molecule has 37 heavy (non-hydrogen) atoms. The van der Waals surface area contributed by atoms with E-state index in [0.717, 1.165) is 11.3 Å². The standard InChI is InChI=1S/C29H24ClN3O4/c1-19-6-7-20(2)33(19)23-8-10-24(11-9-23)35-18-26-13-15-28(37-26)29(34)32-31-17-25-12-14-27(36-25)21-4-3-5-22(30)16-21/h3-17H,18H2,1-2H3,(H,32,34)/b31-17+. The first-order chi connectivity index (χ1) is 18.0. The lowest BCUT2D eigenvalue weighted by Gasteiger charge is -2.10. The highest BCUT2D eigenvalue weighted by atomic mass is 35.5. The minimum absolute atomic E-state index is 0.128. The molecule has 0 aliphatic heterocycles. The Hall–Kier alpha value is -4.49. The Bertz CT molecular complexity index is 1540. The van der Waals surface area contributed by atoms with Gasteiger partial charge in [0.15, 0.2) is 5.76 Å². The number of aryl methyl sites for hydroxylation is 2. The van der Waals surface area contributed by atoms with Crippen LogP contribution in [-0.2, 0) is 6.61 Å². The van der Waals surface area contributed by atoms with Gasteiger partial charge in [-0.15, -0.1) is 0 Å². The van der Waals surface area contributed by atoms with Gasteiger partial charge in [-0.1, -0.05) is 23.7 Å². The zero-order valence-corrected chi connectivity index (χ0v) is 21.0. The number of halogens is 1. The fourth-order valence-electron chi connectivity index (χ4n) is 3.93. The lowest BCUT2D eigenvalue weighted by molar-refractivity contribution is 0.0923. The molecule has 0 saturated heterocycles. The maximum Gasteiger partial charge on any atom is 0.307 e. The number of benzene rings is 2. The van der Waals surface area contributed by atoms with E-state index in [1.165, 1.54) is 17.6 Å². The fourth-order valence-corrected chi connectivity index (χ4v) is 4.12. The highest BCUT2D eigenvalue weighted by molar-refractivity contribution is 6.30.